The first-order valence-corrected chi connectivity index (χ1v) is 6.08. The normalized spacial score (nSPS) is 11.5. The molecule has 0 unspecified atom stereocenters. The molecule has 8 nitrogen and oxygen atoms in total. The van der Waals surface area contributed by atoms with Crippen LogP contribution in [0.25, 0.3) is 0 Å². The Bertz CT molecular complexity index is 785. The fourth-order valence-electron chi connectivity index (χ4n) is 2.02. The lowest BCUT2D eigenvalue weighted by molar-refractivity contribution is -0.388. The molecular weight excluding hydrogens is 321 g/mol. The zero-order valence-corrected chi connectivity index (χ0v) is 11.5. The van der Waals surface area contributed by atoms with Crippen LogP contribution >= 0.6 is 0 Å². The van der Waals surface area contributed by atoms with Gasteiger partial charge in [-0.3, -0.25) is 19.8 Å². The van der Waals surface area contributed by atoms with E-state index in [9.17, 15) is 28.1 Å². The highest BCUT2D eigenvalue weighted by Crippen LogP contribution is 2.37. The number of hydrogen-bond acceptors (Lipinski definition) is 5. The van der Waals surface area contributed by atoms with Gasteiger partial charge in [-0.1, -0.05) is 0 Å². The first-order valence-electron chi connectivity index (χ1n) is 6.08. The minimum atomic E-state index is -4.99. The number of nitrogens with zero attached hydrogens (tertiary/aromatic N) is 4. The largest absolute Gasteiger partial charge is 0.478 e. The number of carboxylic acid groups (broad SMARTS) is 1. The van der Waals surface area contributed by atoms with Crippen molar-refractivity contribution in [3.8, 4) is 0 Å². The zero-order valence-electron chi connectivity index (χ0n) is 11.5. The number of carbonyl (C=O) groups is 1. The quantitative estimate of drug-likeness (QED) is 0.680. The summed E-state index contributed by atoms with van der Waals surface area (Å²) in [6.45, 7) is 0.745. The highest BCUT2D eigenvalue weighted by molar-refractivity contribution is 5.88. The van der Waals surface area contributed by atoms with Crippen LogP contribution in [0, 0.1) is 17.0 Å². The van der Waals surface area contributed by atoms with Crippen molar-refractivity contribution in [3.63, 3.8) is 0 Å². The van der Waals surface area contributed by atoms with Gasteiger partial charge in [0.1, 0.15) is 5.69 Å². The number of rotatable bonds is 4. The SMILES string of the molecule is Cc1c([N+](=O)[O-])c(C(F)(F)F)nn1Cc1ccncc1C(=O)O. The number of hydrogen-bond donors (Lipinski definition) is 1. The molecule has 0 fully saturated rings. The minimum absolute atomic E-state index is 0.127. The van der Waals surface area contributed by atoms with Crippen LogP contribution in [0.4, 0.5) is 18.9 Å². The summed E-state index contributed by atoms with van der Waals surface area (Å²) in [5.74, 6) is -1.32. The number of aromatic nitrogens is 3. The topological polar surface area (TPSA) is 111 Å². The van der Waals surface area contributed by atoms with Gasteiger partial charge in [0.25, 0.3) is 0 Å². The second-order valence-corrected chi connectivity index (χ2v) is 4.53. The summed E-state index contributed by atoms with van der Waals surface area (Å²) in [5.41, 5.74) is -3.19. The lowest BCUT2D eigenvalue weighted by Crippen LogP contribution is -2.12. The molecule has 2 heterocycles. The standard InChI is InChI=1S/C12H9F3N4O4/c1-6-9(19(22)23)10(12(13,14)15)17-18(6)5-7-2-3-16-4-8(7)11(20)21/h2-4H,5H2,1H3,(H,20,21). The number of halogens is 3. The Morgan fingerprint density at radius 3 is 2.61 bits per heavy atom. The van der Waals surface area contributed by atoms with Gasteiger partial charge in [-0.25, -0.2) is 4.79 Å². The summed E-state index contributed by atoms with van der Waals surface area (Å²) in [7, 11) is 0. The van der Waals surface area contributed by atoms with E-state index in [1.54, 1.807) is 0 Å². The van der Waals surface area contributed by atoms with Crippen molar-refractivity contribution in [2.75, 3.05) is 0 Å². The third-order valence-electron chi connectivity index (χ3n) is 3.09. The molecule has 0 atom stereocenters. The smallest absolute Gasteiger partial charge is 0.442 e. The summed E-state index contributed by atoms with van der Waals surface area (Å²) >= 11 is 0. The molecule has 0 amide bonds. The molecule has 2 aromatic heterocycles. The van der Waals surface area contributed by atoms with Crippen molar-refractivity contribution in [1.82, 2.24) is 14.8 Å². The molecule has 0 radical (unpaired) electrons. The van der Waals surface area contributed by atoms with Crippen LogP contribution < -0.4 is 0 Å². The van der Waals surface area contributed by atoms with Crippen molar-refractivity contribution in [2.45, 2.75) is 19.6 Å². The van der Waals surface area contributed by atoms with E-state index in [1.807, 2.05) is 0 Å². The number of aromatic carboxylic acids is 1. The van der Waals surface area contributed by atoms with Gasteiger partial charge in [-0.05, 0) is 18.6 Å². The van der Waals surface area contributed by atoms with E-state index in [2.05, 4.69) is 10.1 Å². The van der Waals surface area contributed by atoms with E-state index in [0.717, 1.165) is 17.8 Å². The lowest BCUT2D eigenvalue weighted by Gasteiger charge is -2.07. The maximum atomic E-state index is 12.9. The van der Waals surface area contributed by atoms with Gasteiger partial charge in [0.2, 0.25) is 5.69 Å². The summed E-state index contributed by atoms with van der Waals surface area (Å²) in [6.07, 6.45) is -2.69. The molecular formula is C12H9F3N4O4. The zero-order chi connectivity index (χ0) is 17.4. The van der Waals surface area contributed by atoms with E-state index >= 15 is 0 Å². The lowest BCUT2D eigenvalue weighted by atomic mass is 10.1. The molecule has 2 rings (SSSR count). The van der Waals surface area contributed by atoms with Gasteiger partial charge in [0.05, 0.1) is 17.0 Å². The Morgan fingerprint density at radius 1 is 1.48 bits per heavy atom. The molecule has 11 heteroatoms. The number of alkyl halides is 3. The van der Waals surface area contributed by atoms with E-state index in [0.29, 0.717) is 0 Å². The highest BCUT2D eigenvalue weighted by Gasteiger charge is 2.44. The monoisotopic (exact) mass is 330 g/mol. The van der Waals surface area contributed by atoms with Crippen molar-refractivity contribution >= 4 is 11.7 Å². The van der Waals surface area contributed by atoms with Crippen molar-refractivity contribution < 1.29 is 28.0 Å². The number of pyridine rings is 1. The van der Waals surface area contributed by atoms with Crippen LogP contribution in [0.5, 0.6) is 0 Å². The third-order valence-corrected chi connectivity index (χ3v) is 3.09. The maximum Gasteiger partial charge on any atom is 0.442 e. The molecule has 0 saturated heterocycles. The van der Waals surface area contributed by atoms with Crippen LogP contribution in [0.2, 0.25) is 0 Å². The molecule has 122 valence electrons. The first-order chi connectivity index (χ1) is 10.6. The van der Waals surface area contributed by atoms with E-state index < -0.39 is 28.5 Å². The van der Waals surface area contributed by atoms with E-state index in [1.165, 1.54) is 12.3 Å². The second-order valence-electron chi connectivity index (χ2n) is 4.53. The predicted octanol–water partition coefficient (Wildman–Crippen LogP) is 2.26. The Hall–Kier alpha value is -2.98. The Morgan fingerprint density at radius 2 is 2.13 bits per heavy atom. The molecule has 0 aliphatic heterocycles. The third kappa shape index (κ3) is 3.12. The molecule has 0 saturated carbocycles. The molecule has 0 aromatic carbocycles. The average molecular weight is 330 g/mol. The van der Waals surface area contributed by atoms with Crippen LogP contribution in [0.15, 0.2) is 18.5 Å². The molecule has 0 aliphatic rings. The summed E-state index contributed by atoms with van der Waals surface area (Å²) in [6, 6.07) is 1.30. The second kappa shape index (κ2) is 5.66. The van der Waals surface area contributed by atoms with Gasteiger partial charge < -0.3 is 5.11 Å². The molecule has 0 aliphatic carbocycles. The fourth-order valence-corrected chi connectivity index (χ4v) is 2.02. The van der Waals surface area contributed by atoms with Gasteiger partial charge in [-0.15, -0.1) is 0 Å². The number of carboxylic acids is 1. The van der Waals surface area contributed by atoms with E-state index in [4.69, 9.17) is 5.11 Å². The summed E-state index contributed by atoms with van der Waals surface area (Å²) < 4.78 is 39.3. The Kier molecular flexibility index (Phi) is 4.04. The van der Waals surface area contributed by atoms with Crippen LogP contribution in [0.3, 0.4) is 0 Å². The summed E-state index contributed by atoms with van der Waals surface area (Å²) in [4.78, 5) is 24.4. The van der Waals surface area contributed by atoms with Gasteiger partial charge >= 0.3 is 17.8 Å². The van der Waals surface area contributed by atoms with Gasteiger partial charge in [0, 0.05) is 12.4 Å². The van der Waals surface area contributed by atoms with Crippen molar-refractivity contribution in [1.29, 1.82) is 0 Å². The molecule has 0 bridgehead atoms. The maximum absolute atomic E-state index is 12.9. The van der Waals surface area contributed by atoms with Crippen LogP contribution in [0.1, 0.15) is 27.3 Å². The number of nitro groups is 1. The van der Waals surface area contributed by atoms with Crippen molar-refractivity contribution in [2.24, 2.45) is 0 Å². The Balaban J connectivity index is 2.55. The molecule has 2 aromatic rings. The molecule has 1 N–H and O–H groups in total. The molecule has 0 spiro atoms. The summed E-state index contributed by atoms with van der Waals surface area (Å²) in [5, 5.41) is 23.1. The first kappa shape index (κ1) is 16.4. The van der Waals surface area contributed by atoms with Gasteiger partial charge in [0.15, 0.2) is 0 Å². The predicted molar refractivity (Wildman–Crippen MR) is 68.9 cm³/mol. The van der Waals surface area contributed by atoms with Crippen LogP contribution in [-0.4, -0.2) is 30.8 Å². The highest BCUT2D eigenvalue weighted by atomic mass is 19.4. The fraction of sp³-hybridized carbons (Fsp3) is 0.250. The Labute approximate surface area is 126 Å². The minimum Gasteiger partial charge on any atom is -0.478 e. The van der Waals surface area contributed by atoms with Gasteiger partial charge in [-0.2, -0.15) is 18.3 Å². The van der Waals surface area contributed by atoms with E-state index in [-0.39, 0.29) is 23.4 Å². The van der Waals surface area contributed by atoms with Crippen molar-refractivity contribution in [3.05, 3.63) is 51.1 Å². The average Bonchev–Trinajstić information content (AvgIpc) is 2.76. The molecule has 23 heavy (non-hydrogen) atoms. The van der Waals surface area contributed by atoms with Crippen LogP contribution in [-0.2, 0) is 12.7 Å².